The molecule has 0 saturated carbocycles. The van der Waals surface area contributed by atoms with E-state index >= 15 is 0 Å². The number of aromatic nitrogens is 2. The predicted octanol–water partition coefficient (Wildman–Crippen LogP) is 2.69. The smallest absolute Gasteiger partial charge is 0.161 e. The largest absolute Gasteiger partial charge is 0.496 e. The minimum atomic E-state index is 0.490. The second-order valence-electron chi connectivity index (χ2n) is 4.58. The fourth-order valence-corrected chi connectivity index (χ4v) is 2.18. The number of aromatic amines is 1. The summed E-state index contributed by atoms with van der Waals surface area (Å²) in [5, 5.41) is 9.02. The average molecular weight is 255 g/mol. The number of aryl methyl sites for hydroxylation is 4. The molecule has 0 aliphatic carbocycles. The number of nitrogens with zero attached hydrogens (tertiary/aromatic N) is 2. The molecule has 0 fully saturated rings. The standard InChI is InChI=1S/C15H17N3O/c1-10-4-7-15(19-3)12(8-10)5-6-13-14(9-16)18-11(2)17-13/h4,7-8H,5-6H2,1-3H3,(H,17,18). The SMILES string of the molecule is COc1ccc(C)cc1CCc1[nH]c(C)nc1C#N. The van der Waals surface area contributed by atoms with E-state index in [-0.39, 0.29) is 0 Å². The molecule has 0 amide bonds. The first-order valence-corrected chi connectivity index (χ1v) is 6.23. The summed E-state index contributed by atoms with van der Waals surface area (Å²) in [7, 11) is 1.68. The van der Waals surface area contributed by atoms with Gasteiger partial charge in [0.05, 0.1) is 12.8 Å². The van der Waals surface area contributed by atoms with Crippen molar-refractivity contribution in [2.45, 2.75) is 26.7 Å². The molecule has 0 bridgehead atoms. The van der Waals surface area contributed by atoms with Crippen molar-refractivity contribution in [3.8, 4) is 11.8 Å². The summed E-state index contributed by atoms with van der Waals surface area (Å²) >= 11 is 0. The molecule has 1 aromatic carbocycles. The molecule has 0 atom stereocenters. The van der Waals surface area contributed by atoms with E-state index in [0.717, 1.165) is 35.7 Å². The van der Waals surface area contributed by atoms with Crippen molar-refractivity contribution < 1.29 is 4.74 Å². The maximum atomic E-state index is 9.02. The van der Waals surface area contributed by atoms with Crippen LogP contribution < -0.4 is 4.74 Å². The van der Waals surface area contributed by atoms with Crippen LogP contribution in [0.2, 0.25) is 0 Å². The molecule has 1 heterocycles. The van der Waals surface area contributed by atoms with Crippen molar-refractivity contribution in [3.63, 3.8) is 0 Å². The van der Waals surface area contributed by atoms with Gasteiger partial charge in [-0.05, 0) is 38.3 Å². The predicted molar refractivity (Wildman–Crippen MR) is 73.2 cm³/mol. The highest BCUT2D eigenvalue weighted by molar-refractivity contribution is 5.38. The molecule has 19 heavy (non-hydrogen) atoms. The van der Waals surface area contributed by atoms with Gasteiger partial charge >= 0.3 is 0 Å². The van der Waals surface area contributed by atoms with E-state index in [4.69, 9.17) is 10.00 Å². The molecule has 0 aliphatic rings. The van der Waals surface area contributed by atoms with Crippen LogP contribution in [0.1, 0.15) is 28.3 Å². The first-order valence-electron chi connectivity index (χ1n) is 6.23. The van der Waals surface area contributed by atoms with E-state index in [2.05, 4.69) is 29.0 Å². The van der Waals surface area contributed by atoms with Crippen LogP contribution in [0.3, 0.4) is 0 Å². The summed E-state index contributed by atoms with van der Waals surface area (Å²) in [5.41, 5.74) is 3.74. The molecule has 98 valence electrons. The number of ether oxygens (including phenoxy) is 1. The lowest BCUT2D eigenvalue weighted by molar-refractivity contribution is 0.409. The number of imidazole rings is 1. The Morgan fingerprint density at radius 1 is 1.32 bits per heavy atom. The molecule has 1 aromatic heterocycles. The van der Waals surface area contributed by atoms with Crippen LogP contribution in [-0.4, -0.2) is 17.1 Å². The molecule has 0 unspecified atom stereocenters. The lowest BCUT2D eigenvalue weighted by atomic mass is 10.0. The van der Waals surface area contributed by atoms with E-state index in [9.17, 15) is 0 Å². The van der Waals surface area contributed by atoms with Crippen molar-refractivity contribution in [1.29, 1.82) is 5.26 Å². The molecular weight excluding hydrogens is 238 g/mol. The van der Waals surface area contributed by atoms with Crippen molar-refractivity contribution >= 4 is 0 Å². The van der Waals surface area contributed by atoms with Gasteiger partial charge < -0.3 is 9.72 Å². The van der Waals surface area contributed by atoms with Crippen molar-refractivity contribution in [1.82, 2.24) is 9.97 Å². The first kappa shape index (κ1) is 13.2. The van der Waals surface area contributed by atoms with Crippen LogP contribution in [-0.2, 0) is 12.8 Å². The fourth-order valence-electron chi connectivity index (χ4n) is 2.18. The lowest BCUT2D eigenvalue weighted by Gasteiger charge is -2.09. The molecule has 4 heteroatoms. The topological polar surface area (TPSA) is 61.7 Å². The van der Waals surface area contributed by atoms with Gasteiger partial charge in [-0.3, -0.25) is 0 Å². The fraction of sp³-hybridized carbons (Fsp3) is 0.333. The average Bonchev–Trinajstić information content (AvgIpc) is 2.77. The van der Waals surface area contributed by atoms with Gasteiger partial charge in [0.15, 0.2) is 5.69 Å². The quantitative estimate of drug-likeness (QED) is 0.913. The van der Waals surface area contributed by atoms with Gasteiger partial charge in [0.2, 0.25) is 0 Å². The van der Waals surface area contributed by atoms with Crippen molar-refractivity contribution in [2.75, 3.05) is 7.11 Å². The van der Waals surface area contributed by atoms with E-state index in [1.54, 1.807) is 7.11 Å². The number of benzene rings is 1. The lowest BCUT2D eigenvalue weighted by Crippen LogP contribution is -1.98. The molecule has 0 aliphatic heterocycles. The Bertz CT molecular complexity index is 623. The molecule has 4 nitrogen and oxygen atoms in total. The third-order valence-corrected chi connectivity index (χ3v) is 3.08. The van der Waals surface area contributed by atoms with Gasteiger partial charge in [-0.25, -0.2) is 4.98 Å². The van der Waals surface area contributed by atoms with Gasteiger partial charge in [-0.2, -0.15) is 5.26 Å². The Morgan fingerprint density at radius 2 is 2.11 bits per heavy atom. The Kier molecular flexibility index (Phi) is 3.86. The monoisotopic (exact) mass is 255 g/mol. The Hall–Kier alpha value is -2.28. The summed E-state index contributed by atoms with van der Waals surface area (Å²) in [6, 6.07) is 8.25. The minimum absolute atomic E-state index is 0.490. The second kappa shape index (κ2) is 5.57. The zero-order valence-electron chi connectivity index (χ0n) is 11.4. The van der Waals surface area contributed by atoms with E-state index in [1.165, 1.54) is 5.56 Å². The van der Waals surface area contributed by atoms with Crippen LogP contribution >= 0.6 is 0 Å². The molecule has 0 radical (unpaired) electrons. The molecular formula is C15H17N3O. The highest BCUT2D eigenvalue weighted by atomic mass is 16.5. The van der Waals surface area contributed by atoms with Gasteiger partial charge in [-0.15, -0.1) is 0 Å². The highest BCUT2D eigenvalue weighted by Crippen LogP contribution is 2.21. The maximum Gasteiger partial charge on any atom is 0.161 e. The Morgan fingerprint density at radius 3 is 2.79 bits per heavy atom. The summed E-state index contributed by atoms with van der Waals surface area (Å²) in [4.78, 5) is 7.30. The van der Waals surface area contributed by atoms with E-state index in [1.807, 2.05) is 19.1 Å². The van der Waals surface area contributed by atoms with Gasteiger partial charge in [-0.1, -0.05) is 17.7 Å². The summed E-state index contributed by atoms with van der Waals surface area (Å²) < 4.78 is 5.36. The molecule has 0 spiro atoms. The minimum Gasteiger partial charge on any atom is -0.496 e. The number of rotatable bonds is 4. The molecule has 0 saturated heterocycles. The Balaban J connectivity index is 2.18. The molecule has 2 rings (SSSR count). The Labute approximate surface area is 113 Å². The summed E-state index contributed by atoms with van der Waals surface area (Å²) in [6.07, 6.45) is 1.57. The molecule has 1 N–H and O–H groups in total. The zero-order chi connectivity index (χ0) is 13.8. The number of nitriles is 1. The number of H-pyrrole nitrogens is 1. The first-order chi connectivity index (χ1) is 9.13. The summed E-state index contributed by atoms with van der Waals surface area (Å²) in [5.74, 6) is 1.67. The van der Waals surface area contributed by atoms with E-state index < -0.39 is 0 Å². The van der Waals surface area contributed by atoms with Crippen molar-refractivity contribution in [3.05, 3.63) is 46.5 Å². The van der Waals surface area contributed by atoms with Crippen LogP contribution in [0.25, 0.3) is 0 Å². The molecule has 2 aromatic rings. The van der Waals surface area contributed by atoms with Crippen LogP contribution in [0.4, 0.5) is 0 Å². The highest BCUT2D eigenvalue weighted by Gasteiger charge is 2.09. The van der Waals surface area contributed by atoms with Crippen LogP contribution in [0.5, 0.6) is 5.75 Å². The number of nitrogens with one attached hydrogen (secondary N) is 1. The van der Waals surface area contributed by atoms with E-state index in [0.29, 0.717) is 5.69 Å². The second-order valence-corrected chi connectivity index (χ2v) is 4.58. The van der Waals surface area contributed by atoms with Crippen LogP contribution in [0.15, 0.2) is 18.2 Å². The zero-order valence-corrected chi connectivity index (χ0v) is 11.4. The van der Waals surface area contributed by atoms with Gasteiger partial charge in [0.25, 0.3) is 0 Å². The van der Waals surface area contributed by atoms with Gasteiger partial charge in [0.1, 0.15) is 17.6 Å². The third-order valence-electron chi connectivity index (χ3n) is 3.08. The maximum absolute atomic E-state index is 9.02. The number of methoxy groups -OCH3 is 1. The third kappa shape index (κ3) is 2.94. The van der Waals surface area contributed by atoms with Crippen LogP contribution in [0, 0.1) is 25.2 Å². The number of hydrogen-bond donors (Lipinski definition) is 1. The van der Waals surface area contributed by atoms with Gasteiger partial charge in [0, 0.05) is 0 Å². The van der Waals surface area contributed by atoms with Crippen molar-refractivity contribution in [2.24, 2.45) is 0 Å². The number of hydrogen-bond acceptors (Lipinski definition) is 3. The summed E-state index contributed by atoms with van der Waals surface area (Å²) in [6.45, 7) is 3.92. The normalized spacial score (nSPS) is 10.2.